The van der Waals surface area contributed by atoms with E-state index in [9.17, 15) is 13.2 Å². The standard InChI is InChI=1S/C24H20ClN3O3S/c1-32(30,31)22-13-11-20(12-14-22)26-23(29)15-18-16-28(21-5-3-2-4-6-21)27-24(18)17-7-9-19(25)10-8-17/h2-14,16H,15H2,1H3,(H,26,29). The zero-order chi connectivity index (χ0) is 22.7. The first-order valence-electron chi connectivity index (χ1n) is 9.79. The lowest BCUT2D eigenvalue weighted by atomic mass is 10.1. The molecule has 0 aliphatic carbocycles. The highest BCUT2D eigenvalue weighted by molar-refractivity contribution is 7.90. The summed E-state index contributed by atoms with van der Waals surface area (Å²) in [5, 5.41) is 8.14. The molecule has 8 heteroatoms. The van der Waals surface area contributed by atoms with Crippen molar-refractivity contribution in [1.82, 2.24) is 9.78 Å². The molecule has 1 N–H and O–H groups in total. The molecule has 4 aromatic rings. The lowest BCUT2D eigenvalue weighted by molar-refractivity contribution is -0.115. The Balaban J connectivity index is 1.61. The molecule has 0 aliphatic heterocycles. The molecule has 0 bridgehead atoms. The molecule has 0 spiro atoms. The fourth-order valence-electron chi connectivity index (χ4n) is 3.27. The van der Waals surface area contributed by atoms with Gasteiger partial charge in [0.25, 0.3) is 0 Å². The van der Waals surface area contributed by atoms with Gasteiger partial charge in [-0.2, -0.15) is 5.10 Å². The van der Waals surface area contributed by atoms with Gasteiger partial charge in [-0.3, -0.25) is 4.79 Å². The third-order valence-corrected chi connectivity index (χ3v) is 6.23. The van der Waals surface area contributed by atoms with E-state index in [1.54, 1.807) is 28.9 Å². The van der Waals surface area contributed by atoms with Crippen LogP contribution < -0.4 is 5.32 Å². The number of carbonyl (C=O) groups is 1. The number of hydrogen-bond acceptors (Lipinski definition) is 4. The Hall–Kier alpha value is -3.42. The number of amides is 1. The number of benzene rings is 3. The molecule has 0 atom stereocenters. The van der Waals surface area contributed by atoms with Crippen LogP contribution >= 0.6 is 11.6 Å². The van der Waals surface area contributed by atoms with Gasteiger partial charge in [0, 0.05) is 34.3 Å². The minimum Gasteiger partial charge on any atom is -0.326 e. The highest BCUT2D eigenvalue weighted by atomic mass is 35.5. The van der Waals surface area contributed by atoms with Gasteiger partial charge in [0.05, 0.1) is 22.7 Å². The van der Waals surface area contributed by atoms with Crippen LogP contribution in [-0.4, -0.2) is 30.4 Å². The topological polar surface area (TPSA) is 81.1 Å². The summed E-state index contributed by atoms with van der Waals surface area (Å²) in [6.45, 7) is 0. The second kappa shape index (κ2) is 8.98. The zero-order valence-corrected chi connectivity index (χ0v) is 18.8. The van der Waals surface area contributed by atoms with Crippen LogP contribution in [0.25, 0.3) is 16.9 Å². The highest BCUT2D eigenvalue weighted by Crippen LogP contribution is 2.26. The molecule has 1 heterocycles. The Morgan fingerprint density at radius 2 is 1.62 bits per heavy atom. The number of nitrogens with zero attached hydrogens (tertiary/aromatic N) is 2. The number of para-hydroxylation sites is 1. The largest absolute Gasteiger partial charge is 0.326 e. The first-order chi connectivity index (χ1) is 15.3. The van der Waals surface area contributed by atoms with Gasteiger partial charge in [-0.25, -0.2) is 13.1 Å². The molecule has 0 radical (unpaired) electrons. The zero-order valence-electron chi connectivity index (χ0n) is 17.2. The highest BCUT2D eigenvalue weighted by Gasteiger charge is 2.16. The Morgan fingerprint density at radius 1 is 0.969 bits per heavy atom. The van der Waals surface area contributed by atoms with Crippen molar-refractivity contribution >= 4 is 33.0 Å². The number of nitrogens with one attached hydrogen (secondary N) is 1. The third kappa shape index (κ3) is 5.07. The first kappa shape index (κ1) is 21.8. The number of rotatable bonds is 6. The molecular weight excluding hydrogens is 446 g/mol. The SMILES string of the molecule is CS(=O)(=O)c1ccc(NC(=O)Cc2cn(-c3ccccc3)nc2-c2ccc(Cl)cc2)cc1. The Kier molecular flexibility index (Phi) is 6.12. The number of sulfone groups is 1. The maximum Gasteiger partial charge on any atom is 0.228 e. The molecule has 162 valence electrons. The van der Waals surface area contributed by atoms with E-state index < -0.39 is 9.84 Å². The lowest BCUT2D eigenvalue weighted by Gasteiger charge is -2.07. The van der Waals surface area contributed by atoms with Crippen LogP contribution in [-0.2, 0) is 21.1 Å². The fourth-order valence-corrected chi connectivity index (χ4v) is 4.02. The molecule has 6 nitrogen and oxygen atoms in total. The number of anilines is 1. The molecule has 0 saturated heterocycles. The van der Waals surface area contributed by atoms with Crippen LogP contribution in [0.4, 0.5) is 5.69 Å². The summed E-state index contributed by atoms with van der Waals surface area (Å²) in [4.78, 5) is 13.0. The number of aromatic nitrogens is 2. The van der Waals surface area contributed by atoms with Crippen molar-refractivity contribution in [2.24, 2.45) is 0 Å². The van der Waals surface area contributed by atoms with Crippen LogP contribution in [0.15, 0.2) is 90.0 Å². The van der Waals surface area contributed by atoms with Crippen molar-refractivity contribution in [3.8, 4) is 16.9 Å². The summed E-state index contributed by atoms with van der Waals surface area (Å²) >= 11 is 6.03. The van der Waals surface area contributed by atoms with Gasteiger partial charge < -0.3 is 5.32 Å². The van der Waals surface area contributed by atoms with Gasteiger partial charge in [0.1, 0.15) is 0 Å². The Labute approximate surface area is 191 Å². The molecule has 4 rings (SSSR count). The van der Waals surface area contributed by atoms with Crippen molar-refractivity contribution in [1.29, 1.82) is 0 Å². The molecule has 3 aromatic carbocycles. The van der Waals surface area contributed by atoms with Crippen LogP contribution in [0.3, 0.4) is 0 Å². The monoisotopic (exact) mass is 465 g/mol. The predicted octanol–water partition coefficient (Wildman–Crippen LogP) is 4.78. The van der Waals surface area contributed by atoms with E-state index in [0.717, 1.165) is 23.1 Å². The van der Waals surface area contributed by atoms with E-state index in [1.807, 2.05) is 48.7 Å². The van der Waals surface area contributed by atoms with E-state index in [4.69, 9.17) is 16.7 Å². The van der Waals surface area contributed by atoms with Gasteiger partial charge in [-0.05, 0) is 48.5 Å². The van der Waals surface area contributed by atoms with Gasteiger partial charge in [-0.1, -0.05) is 41.9 Å². The summed E-state index contributed by atoms with van der Waals surface area (Å²) in [5.41, 5.74) is 3.69. The number of hydrogen-bond donors (Lipinski definition) is 1. The Bertz CT molecular complexity index is 1350. The van der Waals surface area contributed by atoms with Crippen LogP contribution in [0.1, 0.15) is 5.56 Å². The smallest absolute Gasteiger partial charge is 0.228 e. The lowest BCUT2D eigenvalue weighted by Crippen LogP contribution is -2.14. The molecule has 0 aliphatic rings. The van der Waals surface area contributed by atoms with Gasteiger partial charge in [0.15, 0.2) is 9.84 Å². The van der Waals surface area contributed by atoms with Gasteiger partial charge in [-0.15, -0.1) is 0 Å². The summed E-state index contributed by atoms with van der Waals surface area (Å²) in [6.07, 6.45) is 3.08. The summed E-state index contributed by atoms with van der Waals surface area (Å²) in [5.74, 6) is -0.236. The van der Waals surface area contributed by atoms with E-state index in [0.29, 0.717) is 16.4 Å². The minimum atomic E-state index is -3.29. The minimum absolute atomic E-state index is 0.0959. The van der Waals surface area contributed by atoms with E-state index >= 15 is 0 Å². The molecule has 1 amide bonds. The average molecular weight is 466 g/mol. The normalized spacial score (nSPS) is 11.3. The van der Waals surface area contributed by atoms with Crippen LogP contribution in [0.5, 0.6) is 0 Å². The van der Waals surface area contributed by atoms with Crippen molar-refractivity contribution in [2.45, 2.75) is 11.3 Å². The maximum absolute atomic E-state index is 12.8. The van der Waals surface area contributed by atoms with Crippen molar-refractivity contribution in [3.05, 3.63) is 95.6 Å². The van der Waals surface area contributed by atoms with Crippen molar-refractivity contribution < 1.29 is 13.2 Å². The predicted molar refractivity (Wildman–Crippen MR) is 126 cm³/mol. The second-order valence-electron chi connectivity index (χ2n) is 7.31. The number of carbonyl (C=O) groups excluding carboxylic acids is 1. The molecular formula is C24H20ClN3O3S. The molecule has 0 saturated carbocycles. The molecule has 0 fully saturated rings. The maximum atomic E-state index is 12.8. The third-order valence-electron chi connectivity index (χ3n) is 4.85. The Morgan fingerprint density at radius 3 is 2.25 bits per heavy atom. The van der Waals surface area contributed by atoms with Crippen molar-refractivity contribution in [2.75, 3.05) is 11.6 Å². The molecule has 1 aromatic heterocycles. The van der Waals surface area contributed by atoms with E-state index in [-0.39, 0.29) is 17.2 Å². The summed E-state index contributed by atoms with van der Waals surface area (Å²) < 4.78 is 25.0. The van der Waals surface area contributed by atoms with Crippen LogP contribution in [0.2, 0.25) is 5.02 Å². The van der Waals surface area contributed by atoms with Gasteiger partial charge >= 0.3 is 0 Å². The van der Waals surface area contributed by atoms with Gasteiger partial charge in [0.2, 0.25) is 5.91 Å². The van der Waals surface area contributed by atoms with E-state index in [2.05, 4.69) is 5.32 Å². The summed E-state index contributed by atoms with van der Waals surface area (Å²) in [7, 11) is -3.29. The second-order valence-corrected chi connectivity index (χ2v) is 9.76. The molecule has 32 heavy (non-hydrogen) atoms. The average Bonchev–Trinajstić information content (AvgIpc) is 3.18. The molecule has 0 unspecified atom stereocenters. The fraction of sp³-hybridized carbons (Fsp3) is 0.0833. The summed E-state index contributed by atoms with van der Waals surface area (Å²) in [6, 6.07) is 23.0. The van der Waals surface area contributed by atoms with Crippen molar-refractivity contribution in [3.63, 3.8) is 0 Å². The van der Waals surface area contributed by atoms with Crippen LogP contribution in [0, 0.1) is 0 Å². The first-order valence-corrected chi connectivity index (χ1v) is 12.1. The van der Waals surface area contributed by atoms with E-state index in [1.165, 1.54) is 12.1 Å². The quantitative estimate of drug-likeness (QED) is 0.444. The number of halogens is 1.